The Balaban J connectivity index is 1.16. The number of furan rings is 1. The first-order valence-electron chi connectivity index (χ1n) is 15.8. The Morgan fingerprint density at radius 3 is 1.76 bits per heavy atom. The van der Waals surface area contributed by atoms with Gasteiger partial charge in [-0.1, -0.05) is 121 Å². The molecule has 0 saturated heterocycles. The molecule has 0 unspecified atom stereocenters. The molecule has 0 saturated carbocycles. The molecular formula is C44H30OS. The van der Waals surface area contributed by atoms with Gasteiger partial charge in [-0.25, -0.2) is 0 Å². The van der Waals surface area contributed by atoms with E-state index in [1.54, 1.807) is 0 Å². The van der Waals surface area contributed by atoms with Gasteiger partial charge in [0.1, 0.15) is 11.2 Å². The molecule has 0 bridgehead atoms. The van der Waals surface area contributed by atoms with E-state index >= 15 is 0 Å². The molecule has 0 amide bonds. The SMILES string of the molecule is c1ccc(-c2cc(-c3ccccc3)cc(-c3ccc4c(c3)CSCc3ccc(-c5cccc6c5oc5ccccc56)cc3-4)c2)cc1. The summed E-state index contributed by atoms with van der Waals surface area (Å²) in [7, 11) is 0. The van der Waals surface area contributed by atoms with E-state index in [1.165, 1.54) is 61.2 Å². The van der Waals surface area contributed by atoms with Crippen molar-refractivity contribution in [1.82, 2.24) is 0 Å². The second kappa shape index (κ2) is 11.2. The molecule has 8 aromatic rings. The van der Waals surface area contributed by atoms with E-state index in [0.29, 0.717) is 0 Å². The summed E-state index contributed by atoms with van der Waals surface area (Å²) < 4.78 is 6.42. The summed E-state index contributed by atoms with van der Waals surface area (Å²) in [6.45, 7) is 0. The molecule has 2 heterocycles. The van der Waals surface area contributed by atoms with Crippen LogP contribution in [0.2, 0.25) is 0 Å². The lowest BCUT2D eigenvalue weighted by Crippen LogP contribution is -1.92. The molecule has 9 rings (SSSR count). The maximum atomic E-state index is 6.42. The molecule has 2 heteroatoms. The number of hydrogen-bond donors (Lipinski definition) is 0. The molecule has 7 aromatic carbocycles. The Labute approximate surface area is 273 Å². The van der Waals surface area contributed by atoms with E-state index < -0.39 is 0 Å². The lowest BCUT2D eigenvalue weighted by atomic mass is 9.89. The lowest BCUT2D eigenvalue weighted by molar-refractivity contribution is 0.670. The first kappa shape index (κ1) is 27.0. The zero-order valence-electron chi connectivity index (χ0n) is 25.2. The minimum Gasteiger partial charge on any atom is -0.455 e. The van der Waals surface area contributed by atoms with Gasteiger partial charge in [0.05, 0.1) is 0 Å². The first-order valence-corrected chi connectivity index (χ1v) is 16.9. The van der Waals surface area contributed by atoms with Gasteiger partial charge in [-0.15, -0.1) is 0 Å². The van der Waals surface area contributed by atoms with Crippen LogP contribution in [0.1, 0.15) is 11.1 Å². The zero-order valence-corrected chi connectivity index (χ0v) is 26.1. The minimum absolute atomic E-state index is 0.931. The van der Waals surface area contributed by atoms with Crippen molar-refractivity contribution in [3.05, 3.63) is 169 Å². The van der Waals surface area contributed by atoms with Gasteiger partial charge in [-0.3, -0.25) is 0 Å². The highest BCUT2D eigenvalue weighted by Gasteiger charge is 2.19. The van der Waals surface area contributed by atoms with E-state index in [9.17, 15) is 0 Å². The second-order valence-corrected chi connectivity index (χ2v) is 13.0. The summed E-state index contributed by atoms with van der Waals surface area (Å²) in [4.78, 5) is 0. The highest BCUT2D eigenvalue weighted by atomic mass is 32.2. The van der Waals surface area contributed by atoms with Crippen molar-refractivity contribution < 1.29 is 4.42 Å². The number of fused-ring (bicyclic) bond motifs is 6. The smallest absolute Gasteiger partial charge is 0.143 e. The summed E-state index contributed by atoms with van der Waals surface area (Å²) >= 11 is 1.99. The van der Waals surface area contributed by atoms with Crippen molar-refractivity contribution in [2.45, 2.75) is 11.5 Å². The summed E-state index contributed by atoms with van der Waals surface area (Å²) in [5.41, 5.74) is 17.0. The summed E-state index contributed by atoms with van der Waals surface area (Å²) in [5, 5.41) is 2.33. The maximum Gasteiger partial charge on any atom is 0.143 e. The average molecular weight is 607 g/mol. The van der Waals surface area contributed by atoms with Crippen LogP contribution in [0, 0.1) is 0 Å². The lowest BCUT2D eigenvalue weighted by Gasteiger charge is -2.15. The zero-order chi connectivity index (χ0) is 30.5. The highest BCUT2D eigenvalue weighted by Crippen LogP contribution is 2.43. The molecular weight excluding hydrogens is 577 g/mol. The monoisotopic (exact) mass is 606 g/mol. The standard InChI is InChI=1S/C44H30OS/c1-3-10-29(11-4-1)34-23-35(30-12-5-2-6-13-30)25-36(24-34)31-20-21-38-37(22-31)28-46-27-33-19-18-32(26-42(33)38)39-15-9-16-41-40-14-7-8-17-43(40)45-44(39)41/h1-26H,27-28H2. The third-order valence-electron chi connectivity index (χ3n) is 9.22. The molecule has 1 aliphatic rings. The Kier molecular flexibility index (Phi) is 6.61. The summed E-state index contributed by atoms with van der Waals surface area (Å²) in [5.74, 6) is 1.98. The first-order chi connectivity index (χ1) is 22.8. The minimum atomic E-state index is 0.931. The Hall–Kier alpha value is -5.31. The summed E-state index contributed by atoms with van der Waals surface area (Å²) in [6, 6.07) is 57.3. The van der Waals surface area contributed by atoms with Crippen molar-refractivity contribution in [2.24, 2.45) is 0 Å². The average Bonchev–Trinajstić information content (AvgIpc) is 3.41. The molecule has 0 radical (unpaired) electrons. The molecule has 0 spiro atoms. The third kappa shape index (κ3) is 4.74. The van der Waals surface area contributed by atoms with Crippen LogP contribution in [0.4, 0.5) is 0 Å². The molecule has 0 atom stereocenters. The Morgan fingerprint density at radius 1 is 0.370 bits per heavy atom. The molecule has 0 aliphatic carbocycles. The largest absolute Gasteiger partial charge is 0.455 e. The van der Waals surface area contributed by atoms with Crippen molar-refractivity contribution in [3.8, 4) is 55.6 Å². The second-order valence-electron chi connectivity index (χ2n) is 12.0. The van der Waals surface area contributed by atoms with E-state index in [-0.39, 0.29) is 0 Å². The van der Waals surface area contributed by atoms with Crippen molar-refractivity contribution >= 4 is 33.7 Å². The van der Waals surface area contributed by atoms with Gasteiger partial charge in [-0.2, -0.15) is 11.8 Å². The number of benzene rings is 7. The number of rotatable bonds is 4. The predicted octanol–water partition coefficient (Wildman–Crippen LogP) is 12.7. The fourth-order valence-electron chi connectivity index (χ4n) is 6.91. The van der Waals surface area contributed by atoms with Gasteiger partial charge in [-0.05, 0) is 97.6 Å². The van der Waals surface area contributed by atoms with E-state index in [0.717, 1.165) is 39.0 Å². The van der Waals surface area contributed by atoms with Gasteiger partial charge in [0, 0.05) is 27.8 Å². The molecule has 218 valence electrons. The molecule has 46 heavy (non-hydrogen) atoms. The van der Waals surface area contributed by atoms with E-state index in [2.05, 4.69) is 152 Å². The fraction of sp³-hybridized carbons (Fsp3) is 0.0455. The van der Waals surface area contributed by atoms with Crippen LogP contribution in [-0.2, 0) is 11.5 Å². The van der Waals surface area contributed by atoms with Crippen molar-refractivity contribution in [3.63, 3.8) is 0 Å². The van der Waals surface area contributed by atoms with Gasteiger partial charge >= 0.3 is 0 Å². The fourth-order valence-corrected chi connectivity index (χ4v) is 7.94. The van der Waals surface area contributed by atoms with E-state index in [1.807, 2.05) is 17.8 Å². The highest BCUT2D eigenvalue weighted by molar-refractivity contribution is 7.97. The van der Waals surface area contributed by atoms with Crippen LogP contribution in [0.25, 0.3) is 77.6 Å². The number of para-hydroxylation sites is 2. The summed E-state index contributed by atoms with van der Waals surface area (Å²) in [6.07, 6.45) is 0. The molecule has 1 aliphatic heterocycles. The third-order valence-corrected chi connectivity index (χ3v) is 10.2. The quantitative estimate of drug-likeness (QED) is 0.198. The molecule has 1 aromatic heterocycles. The van der Waals surface area contributed by atoms with E-state index in [4.69, 9.17) is 4.42 Å². The van der Waals surface area contributed by atoms with Gasteiger partial charge < -0.3 is 4.42 Å². The number of hydrogen-bond acceptors (Lipinski definition) is 2. The number of thioether (sulfide) groups is 1. The van der Waals surface area contributed by atoms with Gasteiger partial charge in [0.15, 0.2) is 0 Å². The normalized spacial score (nSPS) is 12.5. The molecule has 0 fully saturated rings. The maximum absolute atomic E-state index is 6.42. The van der Waals surface area contributed by atoms with Crippen molar-refractivity contribution in [1.29, 1.82) is 0 Å². The van der Waals surface area contributed by atoms with Crippen molar-refractivity contribution in [2.75, 3.05) is 0 Å². The van der Waals surface area contributed by atoms with Gasteiger partial charge in [0.2, 0.25) is 0 Å². The van der Waals surface area contributed by atoms with Crippen LogP contribution in [0.15, 0.2) is 162 Å². The van der Waals surface area contributed by atoms with Crippen LogP contribution in [0.5, 0.6) is 0 Å². The van der Waals surface area contributed by atoms with Crippen LogP contribution >= 0.6 is 11.8 Å². The predicted molar refractivity (Wildman–Crippen MR) is 196 cm³/mol. The van der Waals surface area contributed by atoms with Crippen LogP contribution in [0.3, 0.4) is 0 Å². The van der Waals surface area contributed by atoms with Crippen LogP contribution < -0.4 is 0 Å². The molecule has 1 nitrogen and oxygen atoms in total. The Morgan fingerprint density at radius 2 is 1.00 bits per heavy atom. The Bertz CT molecular complexity index is 2330. The molecule has 0 N–H and O–H groups in total. The van der Waals surface area contributed by atoms with Gasteiger partial charge in [0.25, 0.3) is 0 Å². The van der Waals surface area contributed by atoms with Crippen LogP contribution in [-0.4, -0.2) is 0 Å². The topological polar surface area (TPSA) is 13.1 Å².